The van der Waals surface area contributed by atoms with Gasteiger partial charge in [-0.3, -0.25) is 9.69 Å². The van der Waals surface area contributed by atoms with Crippen LogP contribution in [0.4, 0.5) is 0 Å². The SMILES string of the molecule is CN1COc2c(nc(-c3ccccc3)[nH]c2=O)C1. The summed E-state index contributed by atoms with van der Waals surface area (Å²) in [6, 6.07) is 9.59. The number of fused-ring (bicyclic) bond motifs is 1. The van der Waals surface area contributed by atoms with Crippen LogP contribution in [0.1, 0.15) is 5.69 Å². The van der Waals surface area contributed by atoms with Crippen LogP contribution < -0.4 is 10.3 Å². The topological polar surface area (TPSA) is 58.2 Å². The third-order valence-corrected chi connectivity index (χ3v) is 2.84. The number of H-pyrrole nitrogens is 1. The first-order valence-electron chi connectivity index (χ1n) is 5.74. The molecule has 0 bridgehead atoms. The van der Waals surface area contributed by atoms with E-state index >= 15 is 0 Å². The minimum Gasteiger partial charge on any atom is -0.470 e. The van der Waals surface area contributed by atoms with Crippen LogP contribution in [0.2, 0.25) is 0 Å². The highest BCUT2D eigenvalue weighted by Gasteiger charge is 2.20. The standard InChI is InChI=1S/C13H13N3O2/c1-16-7-10-11(18-8-16)13(17)15-12(14-10)9-5-3-2-4-6-9/h2-6H,7-8H2,1H3,(H,14,15,17). The summed E-state index contributed by atoms with van der Waals surface area (Å²) in [5.74, 6) is 0.922. The quantitative estimate of drug-likeness (QED) is 0.818. The highest BCUT2D eigenvalue weighted by Crippen LogP contribution is 2.21. The number of hydrogen-bond acceptors (Lipinski definition) is 4. The molecule has 1 aromatic carbocycles. The number of aromatic nitrogens is 2. The molecule has 5 nitrogen and oxygen atoms in total. The summed E-state index contributed by atoms with van der Waals surface area (Å²) < 4.78 is 5.38. The second-order valence-electron chi connectivity index (χ2n) is 4.34. The van der Waals surface area contributed by atoms with Crippen molar-refractivity contribution in [1.82, 2.24) is 14.9 Å². The van der Waals surface area contributed by atoms with Crippen LogP contribution in [-0.2, 0) is 6.54 Å². The third-order valence-electron chi connectivity index (χ3n) is 2.84. The highest BCUT2D eigenvalue weighted by molar-refractivity contribution is 5.55. The van der Waals surface area contributed by atoms with Crippen LogP contribution >= 0.6 is 0 Å². The number of benzene rings is 1. The molecule has 18 heavy (non-hydrogen) atoms. The van der Waals surface area contributed by atoms with E-state index in [2.05, 4.69) is 9.97 Å². The van der Waals surface area contributed by atoms with Gasteiger partial charge in [-0.1, -0.05) is 30.3 Å². The van der Waals surface area contributed by atoms with Gasteiger partial charge in [0.25, 0.3) is 5.56 Å². The Morgan fingerprint density at radius 1 is 1.33 bits per heavy atom. The third kappa shape index (κ3) is 1.89. The highest BCUT2D eigenvalue weighted by atomic mass is 16.5. The van der Waals surface area contributed by atoms with Crippen LogP contribution in [0.15, 0.2) is 35.1 Å². The zero-order valence-electron chi connectivity index (χ0n) is 10.0. The lowest BCUT2D eigenvalue weighted by molar-refractivity contribution is 0.116. The van der Waals surface area contributed by atoms with E-state index in [1.54, 1.807) is 0 Å². The Morgan fingerprint density at radius 3 is 2.89 bits per heavy atom. The number of aromatic amines is 1. The van der Waals surface area contributed by atoms with Crippen molar-refractivity contribution in [2.45, 2.75) is 6.54 Å². The Hall–Kier alpha value is -2.14. The molecule has 0 unspecified atom stereocenters. The number of ether oxygens (including phenoxy) is 1. The molecule has 5 heteroatoms. The van der Waals surface area contributed by atoms with E-state index in [9.17, 15) is 4.79 Å². The Morgan fingerprint density at radius 2 is 2.11 bits per heavy atom. The summed E-state index contributed by atoms with van der Waals surface area (Å²) in [5, 5.41) is 0. The molecule has 1 N–H and O–H groups in total. The molecule has 1 aliphatic rings. The van der Waals surface area contributed by atoms with Crippen molar-refractivity contribution in [3.8, 4) is 17.1 Å². The monoisotopic (exact) mass is 243 g/mol. The van der Waals surface area contributed by atoms with Gasteiger partial charge in [0.1, 0.15) is 18.2 Å². The molecule has 3 rings (SSSR count). The number of nitrogens with zero attached hydrogens (tertiary/aromatic N) is 2. The van der Waals surface area contributed by atoms with E-state index in [0.29, 0.717) is 30.5 Å². The van der Waals surface area contributed by atoms with E-state index in [1.807, 2.05) is 42.3 Å². The minimum atomic E-state index is -0.216. The molecular weight excluding hydrogens is 230 g/mol. The lowest BCUT2D eigenvalue weighted by Crippen LogP contribution is -2.32. The van der Waals surface area contributed by atoms with Crippen molar-refractivity contribution < 1.29 is 4.74 Å². The van der Waals surface area contributed by atoms with Gasteiger partial charge in [0, 0.05) is 12.1 Å². The molecule has 0 fully saturated rings. The number of rotatable bonds is 1. The number of hydrogen-bond donors (Lipinski definition) is 1. The summed E-state index contributed by atoms with van der Waals surface area (Å²) in [5.41, 5.74) is 1.36. The van der Waals surface area contributed by atoms with Gasteiger partial charge in [0.15, 0.2) is 0 Å². The molecule has 2 heterocycles. The van der Waals surface area contributed by atoms with Crippen molar-refractivity contribution >= 4 is 0 Å². The molecule has 0 saturated heterocycles. The van der Waals surface area contributed by atoms with E-state index in [0.717, 1.165) is 5.56 Å². The van der Waals surface area contributed by atoms with E-state index < -0.39 is 0 Å². The lowest BCUT2D eigenvalue weighted by Gasteiger charge is -2.24. The molecule has 0 saturated carbocycles. The summed E-state index contributed by atoms with van der Waals surface area (Å²) in [6.07, 6.45) is 0. The zero-order valence-corrected chi connectivity index (χ0v) is 10.0. The predicted molar refractivity (Wildman–Crippen MR) is 67.3 cm³/mol. The van der Waals surface area contributed by atoms with E-state index in [-0.39, 0.29) is 5.56 Å². The maximum absolute atomic E-state index is 11.9. The van der Waals surface area contributed by atoms with Crippen LogP contribution in [0.25, 0.3) is 11.4 Å². The van der Waals surface area contributed by atoms with E-state index in [1.165, 1.54) is 0 Å². The first kappa shape index (κ1) is 11.0. The lowest BCUT2D eigenvalue weighted by atomic mass is 10.2. The summed E-state index contributed by atoms with van der Waals surface area (Å²) in [4.78, 5) is 21.1. The van der Waals surface area contributed by atoms with Gasteiger partial charge in [-0.15, -0.1) is 0 Å². The van der Waals surface area contributed by atoms with Gasteiger partial charge in [-0.2, -0.15) is 0 Å². The molecule has 92 valence electrons. The Kier molecular flexibility index (Phi) is 2.60. The van der Waals surface area contributed by atoms with Crippen molar-refractivity contribution in [2.24, 2.45) is 0 Å². The predicted octanol–water partition coefficient (Wildman–Crippen LogP) is 1.22. The summed E-state index contributed by atoms with van der Waals surface area (Å²) >= 11 is 0. The molecular formula is C13H13N3O2. The van der Waals surface area contributed by atoms with Crippen LogP contribution in [0.5, 0.6) is 5.75 Å². The smallest absolute Gasteiger partial charge is 0.293 e. The molecule has 0 aliphatic carbocycles. The van der Waals surface area contributed by atoms with Gasteiger partial charge in [-0.05, 0) is 7.05 Å². The maximum atomic E-state index is 11.9. The van der Waals surface area contributed by atoms with Gasteiger partial charge < -0.3 is 9.72 Å². The normalized spacial score (nSPS) is 14.9. The Balaban J connectivity index is 2.12. The first-order chi connectivity index (χ1) is 8.74. The summed E-state index contributed by atoms with van der Waals surface area (Å²) in [6.45, 7) is 1.04. The average molecular weight is 243 g/mol. The maximum Gasteiger partial charge on any atom is 0.293 e. The van der Waals surface area contributed by atoms with Crippen LogP contribution in [0.3, 0.4) is 0 Å². The van der Waals surface area contributed by atoms with Gasteiger partial charge >= 0.3 is 0 Å². The van der Waals surface area contributed by atoms with Crippen molar-refractivity contribution in [3.05, 3.63) is 46.4 Å². The largest absolute Gasteiger partial charge is 0.470 e. The van der Waals surface area contributed by atoms with Crippen LogP contribution in [-0.4, -0.2) is 28.6 Å². The molecule has 0 atom stereocenters. The fraction of sp³-hybridized carbons (Fsp3) is 0.231. The zero-order chi connectivity index (χ0) is 12.5. The van der Waals surface area contributed by atoms with Crippen molar-refractivity contribution in [1.29, 1.82) is 0 Å². The van der Waals surface area contributed by atoms with Gasteiger partial charge in [0.2, 0.25) is 5.75 Å². The fourth-order valence-electron chi connectivity index (χ4n) is 1.97. The summed E-state index contributed by atoms with van der Waals surface area (Å²) in [7, 11) is 1.92. The number of nitrogens with one attached hydrogen (secondary N) is 1. The molecule has 0 spiro atoms. The molecule has 1 aromatic heterocycles. The molecule has 0 amide bonds. The van der Waals surface area contributed by atoms with Crippen LogP contribution in [0, 0.1) is 0 Å². The average Bonchev–Trinajstić information content (AvgIpc) is 2.39. The van der Waals surface area contributed by atoms with Crippen molar-refractivity contribution in [3.63, 3.8) is 0 Å². The second kappa shape index (κ2) is 4.27. The van der Waals surface area contributed by atoms with Gasteiger partial charge in [0.05, 0.1) is 0 Å². The fourth-order valence-corrected chi connectivity index (χ4v) is 1.97. The molecule has 0 radical (unpaired) electrons. The Bertz CT molecular complexity index is 622. The first-order valence-corrected chi connectivity index (χ1v) is 5.74. The van der Waals surface area contributed by atoms with Crippen molar-refractivity contribution in [2.75, 3.05) is 13.8 Å². The van der Waals surface area contributed by atoms with Gasteiger partial charge in [-0.25, -0.2) is 4.98 Å². The Labute approximate surface area is 104 Å². The molecule has 1 aliphatic heterocycles. The molecule has 2 aromatic rings. The minimum absolute atomic E-state index is 0.216. The second-order valence-corrected chi connectivity index (χ2v) is 4.34. The van der Waals surface area contributed by atoms with E-state index in [4.69, 9.17) is 4.74 Å².